The van der Waals surface area contributed by atoms with Crippen LogP contribution in [0.3, 0.4) is 0 Å². The monoisotopic (exact) mass is 238 g/mol. The van der Waals surface area contributed by atoms with Crippen LogP contribution in [0.4, 0.5) is 16.2 Å². The summed E-state index contributed by atoms with van der Waals surface area (Å²) in [4.78, 5) is 7.59. The zero-order valence-electron chi connectivity index (χ0n) is 8.11. The molecule has 0 aliphatic heterocycles. The predicted octanol–water partition coefficient (Wildman–Crippen LogP) is 2.10. The molecule has 1 heterocycles. The topological polar surface area (TPSA) is 77.8 Å². The number of halogens is 2. The van der Waals surface area contributed by atoms with Crippen molar-refractivity contribution in [3.8, 4) is 11.1 Å². The van der Waals surface area contributed by atoms with E-state index in [2.05, 4.69) is 9.97 Å². The van der Waals surface area contributed by atoms with Crippen LogP contribution in [0, 0.1) is 5.82 Å². The van der Waals surface area contributed by atoms with Gasteiger partial charge in [-0.25, -0.2) is 9.37 Å². The first-order chi connectivity index (χ1) is 7.58. The molecule has 16 heavy (non-hydrogen) atoms. The van der Waals surface area contributed by atoms with Gasteiger partial charge in [-0.1, -0.05) is 17.7 Å². The van der Waals surface area contributed by atoms with E-state index in [1.807, 2.05) is 0 Å². The maximum absolute atomic E-state index is 13.2. The van der Waals surface area contributed by atoms with Gasteiger partial charge in [-0.15, -0.1) is 0 Å². The van der Waals surface area contributed by atoms with E-state index in [1.54, 1.807) is 6.07 Å². The molecule has 1 aromatic heterocycles. The minimum absolute atomic E-state index is 0.0543. The van der Waals surface area contributed by atoms with Crippen molar-refractivity contribution in [2.24, 2.45) is 0 Å². The second kappa shape index (κ2) is 3.94. The molecule has 0 atom stereocenters. The van der Waals surface area contributed by atoms with Crippen molar-refractivity contribution in [1.29, 1.82) is 0 Å². The predicted molar refractivity (Wildman–Crippen MR) is 61.3 cm³/mol. The van der Waals surface area contributed by atoms with E-state index >= 15 is 0 Å². The van der Waals surface area contributed by atoms with Gasteiger partial charge in [0.25, 0.3) is 0 Å². The summed E-state index contributed by atoms with van der Waals surface area (Å²) in [6.07, 6.45) is 1.44. The molecule has 2 rings (SSSR count). The van der Waals surface area contributed by atoms with Gasteiger partial charge < -0.3 is 11.5 Å². The molecule has 0 aliphatic rings. The summed E-state index contributed by atoms with van der Waals surface area (Å²) in [6.45, 7) is 0. The number of hydrogen-bond donors (Lipinski definition) is 2. The average molecular weight is 239 g/mol. The molecule has 4 N–H and O–H groups in total. The van der Waals surface area contributed by atoms with Crippen LogP contribution in [-0.2, 0) is 0 Å². The van der Waals surface area contributed by atoms with E-state index in [4.69, 9.17) is 23.1 Å². The molecular formula is C10H8ClFN4. The molecule has 0 saturated heterocycles. The number of aromatic nitrogens is 2. The molecule has 1 aromatic carbocycles. The summed E-state index contributed by atoms with van der Waals surface area (Å²) in [7, 11) is 0. The molecule has 0 saturated carbocycles. The van der Waals surface area contributed by atoms with E-state index in [0.29, 0.717) is 11.1 Å². The van der Waals surface area contributed by atoms with Crippen molar-refractivity contribution in [3.63, 3.8) is 0 Å². The molecule has 0 fully saturated rings. The molecule has 2 aromatic rings. The Morgan fingerprint density at radius 2 is 2.00 bits per heavy atom. The summed E-state index contributed by atoms with van der Waals surface area (Å²) in [5.74, 6) is -0.236. The smallest absolute Gasteiger partial charge is 0.221 e. The minimum atomic E-state index is -0.518. The third kappa shape index (κ3) is 1.90. The van der Waals surface area contributed by atoms with Crippen molar-refractivity contribution >= 4 is 23.4 Å². The van der Waals surface area contributed by atoms with Gasteiger partial charge in [-0.05, 0) is 17.7 Å². The Kier molecular flexibility index (Phi) is 2.62. The van der Waals surface area contributed by atoms with Gasteiger partial charge >= 0.3 is 0 Å². The molecule has 0 aliphatic carbocycles. The lowest BCUT2D eigenvalue weighted by molar-refractivity contribution is 0.629. The molecule has 0 radical (unpaired) electrons. The number of rotatable bonds is 1. The summed E-state index contributed by atoms with van der Waals surface area (Å²) >= 11 is 5.58. The first-order valence-corrected chi connectivity index (χ1v) is 4.79. The Morgan fingerprint density at radius 1 is 1.25 bits per heavy atom. The number of benzene rings is 1. The minimum Gasteiger partial charge on any atom is -0.383 e. The van der Waals surface area contributed by atoms with Crippen molar-refractivity contribution in [2.45, 2.75) is 0 Å². The standard InChI is InChI=1S/C10H8ClFN4/c11-7-2-1-5(3-8(7)12)6-4-15-10(14)16-9(6)13/h1-4H,(H4,13,14,15,16). The lowest BCUT2D eigenvalue weighted by Gasteiger charge is -2.05. The lowest BCUT2D eigenvalue weighted by Crippen LogP contribution is -2.01. The molecule has 0 unspecified atom stereocenters. The van der Waals surface area contributed by atoms with Crippen LogP contribution in [0.1, 0.15) is 0 Å². The fraction of sp³-hybridized carbons (Fsp3) is 0. The average Bonchev–Trinajstić information content (AvgIpc) is 2.22. The van der Waals surface area contributed by atoms with Gasteiger partial charge in [0.1, 0.15) is 11.6 Å². The van der Waals surface area contributed by atoms with Gasteiger partial charge in [0.2, 0.25) is 5.95 Å². The number of hydrogen-bond acceptors (Lipinski definition) is 4. The number of nitrogens with two attached hydrogens (primary N) is 2. The Bertz CT molecular complexity index is 544. The highest BCUT2D eigenvalue weighted by molar-refractivity contribution is 6.30. The summed E-state index contributed by atoms with van der Waals surface area (Å²) in [5, 5.41) is 0.0543. The molecule has 0 bridgehead atoms. The van der Waals surface area contributed by atoms with Crippen LogP contribution in [-0.4, -0.2) is 9.97 Å². The first kappa shape index (κ1) is 10.6. The molecule has 0 amide bonds. The van der Waals surface area contributed by atoms with Crippen LogP contribution in [0.5, 0.6) is 0 Å². The number of nitrogen functional groups attached to an aromatic ring is 2. The highest BCUT2D eigenvalue weighted by Gasteiger charge is 2.08. The second-order valence-electron chi connectivity index (χ2n) is 3.16. The van der Waals surface area contributed by atoms with Crippen molar-refractivity contribution in [2.75, 3.05) is 11.5 Å². The molecule has 82 valence electrons. The SMILES string of the molecule is Nc1ncc(-c2ccc(Cl)c(F)c2)c(N)n1. The van der Waals surface area contributed by atoms with Crippen molar-refractivity contribution in [3.05, 3.63) is 35.2 Å². The second-order valence-corrected chi connectivity index (χ2v) is 3.56. The highest BCUT2D eigenvalue weighted by Crippen LogP contribution is 2.27. The molecule has 0 spiro atoms. The van der Waals surface area contributed by atoms with Gasteiger partial charge in [-0.3, -0.25) is 0 Å². The van der Waals surface area contributed by atoms with E-state index in [9.17, 15) is 4.39 Å². The highest BCUT2D eigenvalue weighted by atomic mass is 35.5. The third-order valence-corrected chi connectivity index (χ3v) is 2.37. The maximum Gasteiger partial charge on any atom is 0.221 e. The fourth-order valence-electron chi connectivity index (χ4n) is 1.30. The van der Waals surface area contributed by atoms with Crippen molar-refractivity contribution < 1.29 is 4.39 Å². The Balaban J connectivity index is 2.54. The normalized spacial score (nSPS) is 10.4. The van der Waals surface area contributed by atoms with Crippen LogP contribution in [0.25, 0.3) is 11.1 Å². The Labute approximate surface area is 96.1 Å². The molecule has 6 heteroatoms. The summed E-state index contributed by atoms with van der Waals surface area (Å²) in [5.41, 5.74) is 12.1. The molecular weight excluding hydrogens is 231 g/mol. The van der Waals surface area contributed by atoms with Gasteiger partial charge in [-0.2, -0.15) is 4.98 Å². The third-order valence-electron chi connectivity index (χ3n) is 2.07. The number of nitrogens with zero attached hydrogens (tertiary/aromatic N) is 2. The van der Waals surface area contributed by atoms with Crippen LogP contribution in [0.2, 0.25) is 5.02 Å². The Morgan fingerprint density at radius 3 is 2.62 bits per heavy atom. The fourth-order valence-corrected chi connectivity index (χ4v) is 1.41. The number of anilines is 2. The van der Waals surface area contributed by atoms with Gasteiger partial charge in [0.05, 0.1) is 5.02 Å². The van der Waals surface area contributed by atoms with Crippen LogP contribution in [0.15, 0.2) is 24.4 Å². The van der Waals surface area contributed by atoms with E-state index < -0.39 is 5.82 Å². The maximum atomic E-state index is 13.2. The van der Waals surface area contributed by atoms with Crippen molar-refractivity contribution in [1.82, 2.24) is 9.97 Å². The van der Waals surface area contributed by atoms with Gasteiger partial charge in [0.15, 0.2) is 0 Å². The first-order valence-electron chi connectivity index (χ1n) is 4.41. The lowest BCUT2D eigenvalue weighted by atomic mass is 10.1. The zero-order chi connectivity index (χ0) is 11.7. The van der Waals surface area contributed by atoms with Gasteiger partial charge in [0, 0.05) is 11.8 Å². The van der Waals surface area contributed by atoms with Crippen LogP contribution >= 0.6 is 11.6 Å². The Hall–Kier alpha value is -1.88. The molecule has 4 nitrogen and oxygen atoms in total. The summed E-state index contributed by atoms with van der Waals surface area (Å²) in [6, 6.07) is 4.35. The van der Waals surface area contributed by atoms with E-state index in [1.165, 1.54) is 18.3 Å². The largest absolute Gasteiger partial charge is 0.383 e. The quantitative estimate of drug-likeness (QED) is 0.798. The zero-order valence-corrected chi connectivity index (χ0v) is 8.87. The van der Waals surface area contributed by atoms with E-state index in [0.717, 1.165) is 0 Å². The van der Waals surface area contributed by atoms with E-state index in [-0.39, 0.29) is 16.8 Å². The summed E-state index contributed by atoms with van der Waals surface area (Å²) < 4.78 is 13.2. The van der Waals surface area contributed by atoms with Crippen LogP contribution < -0.4 is 11.5 Å².